The van der Waals surface area contributed by atoms with Crippen LogP contribution in [-0.4, -0.2) is 21.3 Å². The van der Waals surface area contributed by atoms with Gasteiger partial charge in [-0.05, 0) is 18.2 Å². The number of hydrogen-bond donors (Lipinski definition) is 1. The Morgan fingerprint density at radius 2 is 2.25 bits per heavy atom. The molecule has 1 N–H and O–H groups in total. The number of nitrogens with zero attached hydrogens (tertiary/aromatic N) is 3. The van der Waals surface area contributed by atoms with E-state index in [0.717, 1.165) is 21.8 Å². The third-order valence-corrected chi connectivity index (χ3v) is 3.05. The molecule has 2 aromatic heterocycles. The van der Waals surface area contributed by atoms with E-state index in [1.54, 1.807) is 17.9 Å². The molecule has 0 saturated heterocycles. The van der Waals surface area contributed by atoms with Gasteiger partial charge in [0.25, 0.3) is 0 Å². The van der Waals surface area contributed by atoms with Crippen molar-refractivity contribution < 1.29 is 5.11 Å². The zero-order chi connectivity index (χ0) is 11.0. The molecule has 1 aliphatic rings. The quantitative estimate of drug-likeness (QED) is 0.817. The molecule has 0 amide bonds. The molecule has 78 valence electrons. The first-order chi connectivity index (χ1) is 7.84. The van der Waals surface area contributed by atoms with E-state index >= 15 is 0 Å². The number of aromatic nitrogens is 2. The third kappa shape index (κ3) is 1.42. The number of pyridine rings is 1. The van der Waals surface area contributed by atoms with Crippen LogP contribution in [0.3, 0.4) is 0 Å². The van der Waals surface area contributed by atoms with Crippen LogP contribution in [0.4, 0.5) is 5.82 Å². The molecule has 0 bridgehead atoms. The lowest BCUT2D eigenvalue weighted by Crippen LogP contribution is -1.80. The van der Waals surface area contributed by atoms with Crippen molar-refractivity contribution in [3.8, 4) is 5.88 Å². The van der Waals surface area contributed by atoms with Crippen LogP contribution in [0, 0.1) is 0 Å². The summed E-state index contributed by atoms with van der Waals surface area (Å²) in [4.78, 5) is 12.9. The summed E-state index contributed by atoms with van der Waals surface area (Å²) in [5.41, 5.74) is 3.54. The van der Waals surface area contributed by atoms with Gasteiger partial charge in [0.1, 0.15) is 0 Å². The van der Waals surface area contributed by atoms with E-state index in [-0.39, 0.29) is 5.88 Å². The van der Waals surface area contributed by atoms with Crippen LogP contribution in [0.25, 0.3) is 11.6 Å². The van der Waals surface area contributed by atoms with Crippen LogP contribution in [-0.2, 0) is 0 Å². The number of allylic oxidation sites excluding steroid dienone is 1. The average Bonchev–Trinajstić information content (AvgIpc) is 2.88. The molecular weight excluding hydrogens is 222 g/mol. The Kier molecular flexibility index (Phi) is 2.04. The van der Waals surface area contributed by atoms with Crippen molar-refractivity contribution in [2.24, 2.45) is 4.99 Å². The summed E-state index contributed by atoms with van der Waals surface area (Å²) in [5.74, 6) is 0.779. The molecule has 0 aromatic carbocycles. The molecule has 0 saturated carbocycles. The van der Waals surface area contributed by atoms with Gasteiger partial charge in [-0.2, -0.15) is 0 Å². The van der Waals surface area contributed by atoms with Crippen molar-refractivity contribution in [3.63, 3.8) is 0 Å². The van der Waals surface area contributed by atoms with E-state index in [1.165, 1.54) is 11.3 Å². The first-order valence-electron chi connectivity index (χ1n) is 4.68. The van der Waals surface area contributed by atoms with E-state index in [4.69, 9.17) is 0 Å². The van der Waals surface area contributed by atoms with Crippen molar-refractivity contribution in [3.05, 3.63) is 34.3 Å². The highest BCUT2D eigenvalue weighted by Gasteiger charge is 2.13. The van der Waals surface area contributed by atoms with Crippen LogP contribution in [0.5, 0.6) is 5.88 Å². The molecule has 1 aliphatic heterocycles. The molecule has 5 heteroatoms. The van der Waals surface area contributed by atoms with Crippen molar-refractivity contribution in [1.82, 2.24) is 9.97 Å². The minimum absolute atomic E-state index is 0.0586. The smallest absolute Gasteiger partial charge is 0.229 e. The monoisotopic (exact) mass is 229 g/mol. The van der Waals surface area contributed by atoms with Crippen LogP contribution < -0.4 is 0 Å². The highest BCUT2D eigenvalue weighted by Crippen LogP contribution is 2.32. The number of aliphatic imine (C=N–C) groups is 1. The Morgan fingerprint density at radius 1 is 1.31 bits per heavy atom. The number of thiazole rings is 1. The molecule has 4 nitrogen and oxygen atoms in total. The molecule has 0 fully saturated rings. The predicted octanol–water partition coefficient (Wildman–Crippen LogP) is 2.50. The Bertz CT molecular complexity index is 601. The average molecular weight is 229 g/mol. The third-order valence-electron chi connectivity index (χ3n) is 2.29. The first kappa shape index (κ1) is 9.23. The SMILES string of the molecule is Oc1ncsc1/C=C1\C=Nc2ncccc21. The van der Waals surface area contributed by atoms with Gasteiger partial charge in [0.15, 0.2) is 5.82 Å². The van der Waals surface area contributed by atoms with Crippen LogP contribution in [0.15, 0.2) is 28.8 Å². The lowest BCUT2D eigenvalue weighted by Gasteiger charge is -1.96. The summed E-state index contributed by atoms with van der Waals surface area (Å²) in [5, 5.41) is 9.45. The fourth-order valence-corrected chi connectivity index (χ4v) is 2.15. The molecule has 2 aromatic rings. The van der Waals surface area contributed by atoms with Crippen molar-refractivity contribution in [2.75, 3.05) is 0 Å². The van der Waals surface area contributed by atoms with Crippen LogP contribution in [0.1, 0.15) is 10.4 Å². The van der Waals surface area contributed by atoms with Gasteiger partial charge >= 0.3 is 0 Å². The summed E-state index contributed by atoms with van der Waals surface area (Å²) in [6, 6.07) is 3.83. The van der Waals surface area contributed by atoms with Crippen LogP contribution in [0.2, 0.25) is 0 Å². The molecule has 16 heavy (non-hydrogen) atoms. The van der Waals surface area contributed by atoms with Gasteiger partial charge in [0, 0.05) is 23.5 Å². The standard InChI is InChI=1S/C11H7N3OS/c15-11-9(16-6-14-11)4-7-5-13-10-8(7)2-1-3-12-10/h1-6,15H/b7-4+. The highest BCUT2D eigenvalue weighted by molar-refractivity contribution is 7.11. The highest BCUT2D eigenvalue weighted by atomic mass is 32.1. The minimum Gasteiger partial charge on any atom is -0.492 e. The van der Waals surface area contributed by atoms with Gasteiger partial charge in [0.2, 0.25) is 5.88 Å². The van der Waals surface area contributed by atoms with Crippen molar-refractivity contribution in [2.45, 2.75) is 0 Å². The molecular formula is C11H7N3OS. The summed E-state index contributed by atoms with van der Waals surface area (Å²) >= 11 is 1.39. The van der Waals surface area contributed by atoms with Crippen LogP contribution >= 0.6 is 11.3 Å². The fraction of sp³-hybridized carbons (Fsp3) is 0. The second-order valence-corrected chi connectivity index (χ2v) is 4.16. The summed E-state index contributed by atoms with van der Waals surface area (Å²) in [6.45, 7) is 0. The van der Waals surface area contributed by atoms with Gasteiger partial charge < -0.3 is 5.11 Å². The Labute approximate surface area is 95.7 Å². The van der Waals surface area contributed by atoms with E-state index in [9.17, 15) is 5.11 Å². The molecule has 0 spiro atoms. The molecule has 0 radical (unpaired) electrons. The molecule has 3 heterocycles. The zero-order valence-corrected chi connectivity index (χ0v) is 8.98. The largest absolute Gasteiger partial charge is 0.492 e. The maximum absolute atomic E-state index is 9.45. The maximum atomic E-state index is 9.45. The van der Waals surface area contributed by atoms with E-state index < -0.39 is 0 Å². The number of fused-ring (bicyclic) bond motifs is 1. The van der Waals surface area contributed by atoms with E-state index in [1.807, 2.05) is 18.2 Å². The van der Waals surface area contributed by atoms with Crippen molar-refractivity contribution in [1.29, 1.82) is 0 Å². The lowest BCUT2D eigenvalue weighted by molar-refractivity contribution is 0.456. The second kappa shape index (κ2) is 3.53. The molecule has 3 rings (SSSR count). The van der Waals surface area contributed by atoms with Gasteiger partial charge in [-0.15, -0.1) is 11.3 Å². The van der Waals surface area contributed by atoms with Gasteiger partial charge in [-0.3, -0.25) is 0 Å². The second-order valence-electron chi connectivity index (χ2n) is 3.27. The summed E-state index contributed by atoms with van der Waals surface area (Å²) in [6.07, 6.45) is 5.32. The molecule has 0 unspecified atom stereocenters. The Hall–Kier alpha value is -2.01. The lowest BCUT2D eigenvalue weighted by atomic mass is 10.1. The predicted molar refractivity (Wildman–Crippen MR) is 64.0 cm³/mol. The van der Waals surface area contributed by atoms with Gasteiger partial charge in [-0.1, -0.05) is 0 Å². The summed E-state index contributed by atoms with van der Waals surface area (Å²) < 4.78 is 0. The Balaban J connectivity index is 2.09. The van der Waals surface area contributed by atoms with Gasteiger partial charge in [0.05, 0.1) is 10.4 Å². The van der Waals surface area contributed by atoms with Crippen molar-refractivity contribution >= 4 is 35.0 Å². The fourth-order valence-electron chi connectivity index (χ4n) is 1.53. The zero-order valence-electron chi connectivity index (χ0n) is 8.16. The topological polar surface area (TPSA) is 58.4 Å². The molecule has 0 aliphatic carbocycles. The molecule has 0 atom stereocenters. The van der Waals surface area contributed by atoms with E-state index in [0.29, 0.717) is 0 Å². The first-order valence-corrected chi connectivity index (χ1v) is 5.56. The normalized spacial score (nSPS) is 15.6. The maximum Gasteiger partial charge on any atom is 0.229 e. The number of hydrogen-bond acceptors (Lipinski definition) is 5. The van der Waals surface area contributed by atoms with E-state index in [2.05, 4.69) is 15.0 Å². The number of aromatic hydroxyl groups is 1. The number of rotatable bonds is 1. The Morgan fingerprint density at radius 3 is 3.06 bits per heavy atom. The minimum atomic E-state index is 0.0586. The summed E-state index contributed by atoms with van der Waals surface area (Å²) in [7, 11) is 0. The van der Waals surface area contributed by atoms with Gasteiger partial charge in [-0.25, -0.2) is 15.0 Å².